The van der Waals surface area contributed by atoms with E-state index < -0.39 is 0 Å². The third-order valence-electron chi connectivity index (χ3n) is 3.85. The summed E-state index contributed by atoms with van der Waals surface area (Å²) in [7, 11) is 1.74. The van der Waals surface area contributed by atoms with Crippen molar-refractivity contribution in [3.63, 3.8) is 0 Å². The summed E-state index contributed by atoms with van der Waals surface area (Å²) in [5.41, 5.74) is 7.61. The summed E-state index contributed by atoms with van der Waals surface area (Å²) in [5, 5.41) is 7.09. The van der Waals surface area contributed by atoms with Crippen LogP contribution in [0, 0.1) is 0 Å². The van der Waals surface area contributed by atoms with E-state index >= 15 is 0 Å². The summed E-state index contributed by atoms with van der Waals surface area (Å²) < 4.78 is 7.53. The standard InChI is InChI=1S/C16H20N4O2.ClH/c1-16(2)9-12(11-8-10(17)4-5-14(11)22-16)19-15(21)13-6-7-18-20(13)3;/h4-8,12H,9,17H2,1-3H3,(H,19,21);1H. The third kappa shape index (κ3) is 3.42. The summed E-state index contributed by atoms with van der Waals surface area (Å²) >= 11 is 0. The van der Waals surface area contributed by atoms with Gasteiger partial charge in [-0.3, -0.25) is 9.48 Å². The summed E-state index contributed by atoms with van der Waals surface area (Å²) in [5.74, 6) is 0.608. The maximum Gasteiger partial charge on any atom is 0.270 e. The van der Waals surface area contributed by atoms with Crippen molar-refractivity contribution in [1.82, 2.24) is 15.1 Å². The number of hydrogen-bond acceptors (Lipinski definition) is 4. The summed E-state index contributed by atoms with van der Waals surface area (Å²) in [6.07, 6.45) is 2.28. The Kier molecular flexibility index (Phi) is 4.56. The van der Waals surface area contributed by atoms with Gasteiger partial charge in [-0.05, 0) is 38.1 Å². The molecule has 1 aliphatic rings. The fourth-order valence-corrected chi connectivity index (χ4v) is 2.83. The van der Waals surface area contributed by atoms with Crippen LogP contribution in [0.15, 0.2) is 30.5 Å². The minimum absolute atomic E-state index is 0. The zero-order valence-corrected chi connectivity index (χ0v) is 14.2. The van der Waals surface area contributed by atoms with E-state index in [2.05, 4.69) is 10.4 Å². The Morgan fingerprint density at radius 1 is 1.43 bits per heavy atom. The van der Waals surface area contributed by atoms with Crippen LogP contribution >= 0.6 is 12.4 Å². The number of nitrogens with two attached hydrogens (primary N) is 1. The number of aromatic nitrogens is 2. The number of hydrogen-bond donors (Lipinski definition) is 2. The Morgan fingerprint density at radius 3 is 2.83 bits per heavy atom. The number of carbonyl (C=O) groups excluding carboxylic acids is 1. The highest BCUT2D eigenvalue weighted by Crippen LogP contribution is 2.40. The third-order valence-corrected chi connectivity index (χ3v) is 3.85. The summed E-state index contributed by atoms with van der Waals surface area (Å²) in [6, 6.07) is 7.07. The second-order valence-corrected chi connectivity index (χ2v) is 6.23. The molecule has 1 aliphatic heterocycles. The van der Waals surface area contributed by atoms with Gasteiger partial charge in [-0.1, -0.05) is 0 Å². The van der Waals surface area contributed by atoms with E-state index in [1.165, 1.54) is 0 Å². The van der Waals surface area contributed by atoms with Crippen molar-refractivity contribution >= 4 is 24.0 Å². The minimum Gasteiger partial charge on any atom is -0.487 e. The molecule has 124 valence electrons. The maximum atomic E-state index is 12.5. The van der Waals surface area contributed by atoms with Crippen molar-refractivity contribution < 1.29 is 9.53 Å². The predicted octanol–water partition coefficient (Wildman–Crippen LogP) is 2.46. The van der Waals surface area contributed by atoms with Gasteiger partial charge in [0.05, 0.1) is 6.04 Å². The first kappa shape index (κ1) is 17.1. The summed E-state index contributed by atoms with van der Waals surface area (Å²) in [6.45, 7) is 4.02. The molecule has 7 heteroatoms. The van der Waals surface area contributed by atoms with Crippen LogP contribution in [0.4, 0.5) is 5.69 Å². The molecule has 0 saturated carbocycles. The monoisotopic (exact) mass is 336 g/mol. The molecule has 1 amide bonds. The Labute approximate surface area is 141 Å². The second-order valence-electron chi connectivity index (χ2n) is 6.23. The van der Waals surface area contributed by atoms with E-state index in [1.807, 2.05) is 26.0 Å². The highest BCUT2D eigenvalue weighted by Gasteiger charge is 2.35. The van der Waals surface area contributed by atoms with Gasteiger partial charge >= 0.3 is 0 Å². The largest absolute Gasteiger partial charge is 0.487 e. The molecule has 0 fully saturated rings. The average Bonchev–Trinajstić information content (AvgIpc) is 2.85. The van der Waals surface area contributed by atoms with Gasteiger partial charge in [0, 0.05) is 30.9 Å². The summed E-state index contributed by atoms with van der Waals surface area (Å²) in [4.78, 5) is 12.5. The van der Waals surface area contributed by atoms with Crippen LogP contribution in [-0.4, -0.2) is 21.3 Å². The van der Waals surface area contributed by atoms with Gasteiger partial charge in [-0.2, -0.15) is 5.10 Å². The van der Waals surface area contributed by atoms with E-state index in [9.17, 15) is 4.79 Å². The number of ether oxygens (including phenoxy) is 1. The Bertz CT molecular complexity index is 727. The van der Waals surface area contributed by atoms with E-state index in [0.29, 0.717) is 17.8 Å². The highest BCUT2D eigenvalue weighted by molar-refractivity contribution is 5.92. The van der Waals surface area contributed by atoms with Gasteiger partial charge in [0.1, 0.15) is 17.0 Å². The molecular formula is C16H21ClN4O2. The van der Waals surface area contributed by atoms with E-state index in [1.54, 1.807) is 30.1 Å². The first-order valence-corrected chi connectivity index (χ1v) is 7.23. The fraction of sp³-hybridized carbons (Fsp3) is 0.375. The molecule has 0 saturated heterocycles. The molecule has 3 rings (SSSR count). The molecule has 0 aliphatic carbocycles. The Morgan fingerprint density at radius 2 is 2.17 bits per heavy atom. The topological polar surface area (TPSA) is 82.2 Å². The van der Waals surface area contributed by atoms with Crippen molar-refractivity contribution in [2.75, 3.05) is 5.73 Å². The molecule has 0 spiro atoms. The first-order chi connectivity index (χ1) is 10.4. The smallest absolute Gasteiger partial charge is 0.270 e. The predicted molar refractivity (Wildman–Crippen MR) is 90.8 cm³/mol. The Balaban J connectivity index is 0.00000192. The number of halogens is 1. The molecule has 6 nitrogen and oxygen atoms in total. The number of nitrogens with one attached hydrogen (secondary N) is 1. The number of rotatable bonds is 2. The molecular weight excluding hydrogens is 316 g/mol. The van der Waals surface area contributed by atoms with Crippen molar-refractivity contribution in [1.29, 1.82) is 0 Å². The van der Waals surface area contributed by atoms with Gasteiger partial charge in [0.25, 0.3) is 5.91 Å². The van der Waals surface area contributed by atoms with Crippen molar-refractivity contribution in [2.45, 2.75) is 31.9 Å². The lowest BCUT2D eigenvalue weighted by molar-refractivity contribution is 0.0617. The number of fused-ring (bicyclic) bond motifs is 1. The highest BCUT2D eigenvalue weighted by atomic mass is 35.5. The van der Waals surface area contributed by atoms with Crippen molar-refractivity contribution in [3.05, 3.63) is 41.7 Å². The number of benzene rings is 1. The molecule has 3 N–H and O–H groups in total. The molecule has 1 unspecified atom stereocenters. The number of anilines is 1. The molecule has 2 aromatic rings. The maximum absolute atomic E-state index is 12.5. The second kappa shape index (κ2) is 6.12. The van der Waals surface area contributed by atoms with Crippen molar-refractivity contribution in [2.24, 2.45) is 7.05 Å². The van der Waals surface area contributed by atoms with Crippen LogP contribution in [0.5, 0.6) is 5.75 Å². The van der Waals surface area contributed by atoms with Crippen LogP contribution in [0.2, 0.25) is 0 Å². The van der Waals surface area contributed by atoms with E-state index in [0.717, 1.165) is 11.3 Å². The van der Waals surface area contributed by atoms with Crippen LogP contribution in [0.3, 0.4) is 0 Å². The zero-order chi connectivity index (χ0) is 15.9. The number of amides is 1. The van der Waals surface area contributed by atoms with Crippen LogP contribution in [0.1, 0.15) is 42.4 Å². The van der Waals surface area contributed by atoms with E-state index in [4.69, 9.17) is 10.5 Å². The van der Waals surface area contributed by atoms with Gasteiger partial charge in [-0.15, -0.1) is 12.4 Å². The van der Waals surface area contributed by atoms with Crippen LogP contribution < -0.4 is 15.8 Å². The fourth-order valence-electron chi connectivity index (χ4n) is 2.83. The number of aryl methyl sites for hydroxylation is 1. The quantitative estimate of drug-likeness (QED) is 0.825. The minimum atomic E-state index is -0.354. The van der Waals surface area contributed by atoms with Gasteiger partial charge in [0.15, 0.2) is 0 Å². The lowest BCUT2D eigenvalue weighted by Gasteiger charge is -2.38. The number of nitrogens with zero attached hydrogens (tertiary/aromatic N) is 2. The molecule has 0 bridgehead atoms. The van der Waals surface area contributed by atoms with Crippen molar-refractivity contribution in [3.8, 4) is 5.75 Å². The molecule has 2 heterocycles. The average molecular weight is 337 g/mol. The van der Waals surface area contributed by atoms with Gasteiger partial charge in [-0.25, -0.2) is 0 Å². The zero-order valence-electron chi connectivity index (χ0n) is 13.4. The molecule has 1 aromatic heterocycles. The van der Waals surface area contributed by atoms with Crippen LogP contribution in [-0.2, 0) is 7.05 Å². The lowest BCUT2D eigenvalue weighted by Crippen LogP contribution is -2.41. The first-order valence-electron chi connectivity index (χ1n) is 7.23. The van der Waals surface area contributed by atoms with Crippen LogP contribution in [0.25, 0.3) is 0 Å². The molecule has 1 atom stereocenters. The lowest BCUT2D eigenvalue weighted by atomic mass is 9.89. The number of carbonyl (C=O) groups is 1. The molecule has 23 heavy (non-hydrogen) atoms. The molecule has 0 radical (unpaired) electrons. The number of nitrogen functional groups attached to an aromatic ring is 1. The normalized spacial score (nSPS) is 18.3. The van der Waals surface area contributed by atoms with Gasteiger partial charge in [0.2, 0.25) is 0 Å². The SMILES string of the molecule is Cl.Cn1nccc1C(=O)NC1CC(C)(C)Oc2ccc(N)cc21. The Hall–Kier alpha value is -2.21. The van der Waals surface area contributed by atoms with Gasteiger partial charge < -0.3 is 15.8 Å². The van der Waals surface area contributed by atoms with E-state index in [-0.39, 0.29) is 30.0 Å². The molecule has 1 aromatic carbocycles.